The molecular formula is C21H32N2O. The Hall–Kier alpha value is -1.35. The molecule has 24 heavy (non-hydrogen) atoms. The van der Waals surface area contributed by atoms with Gasteiger partial charge in [-0.25, -0.2) is 0 Å². The van der Waals surface area contributed by atoms with Crippen LogP contribution >= 0.6 is 0 Å². The average molecular weight is 329 g/mol. The molecule has 1 N–H and O–H groups in total. The Morgan fingerprint density at radius 2 is 2.08 bits per heavy atom. The van der Waals surface area contributed by atoms with E-state index in [4.69, 9.17) is 0 Å². The summed E-state index contributed by atoms with van der Waals surface area (Å²) in [6.07, 6.45) is 5.47. The van der Waals surface area contributed by atoms with E-state index in [-0.39, 0.29) is 0 Å². The highest BCUT2D eigenvalue weighted by atomic mass is 16.2. The van der Waals surface area contributed by atoms with Crippen molar-refractivity contribution >= 4 is 5.91 Å². The first-order valence-corrected chi connectivity index (χ1v) is 9.69. The van der Waals surface area contributed by atoms with Crippen LogP contribution in [0.1, 0.15) is 45.1 Å². The van der Waals surface area contributed by atoms with Crippen molar-refractivity contribution in [1.29, 1.82) is 0 Å². The van der Waals surface area contributed by atoms with E-state index in [2.05, 4.69) is 54.4 Å². The summed E-state index contributed by atoms with van der Waals surface area (Å²) in [5.41, 5.74) is 1.39. The largest absolute Gasteiger partial charge is 0.340 e. The van der Waals surface area contributed by atoms with Crippen LogP contribution < -0.4 is 5.32 Å². The van der Waals surface area contributed by atoms with Crippen LogP contribution in [0.25, 0.3) is 0 Å². The number of likely N-dealkylation sites (tertiary alicyclic amines) is 1. The second-order valence-electron chi connectivity index (χ2n) is 7.85. The number of rotatable bonds is 5. The van der Waals surface area contributed by atoms with Gasteiger partial charge in [0.15, 0.2) is 0 Å². The van der Waals surface area contributed by atoms with Crippen molar-refractivity contribution in [2.75, 3.05) is 19.6 Å². The Morgan fingerprint density at radius 3 is 2.79 bits per heavy atom. The molecule has 3 rings (SSSR count). The zero-order valence-corrected chi connectivity index (χ0v) is 15.2. The Labute approximate surface area is 146 Å². The number of nitrogens with one attached hydrogen (secondary N) is 1. The van der Waals surface area contributed by atoms with E-state index in [1.165, 1.54) is 18.4 Å². The zero-order valence-electron chi connectivity index (χ0n) is 15.2. The molecule has 132 valence electrons. The number of carbonyl (C=O) groups is 1. The molecular weight excluding hydrogens is 296 g/mol. The summed E-state index contributed by atoms with van der Waals surface area (Å²) in [5.74, 6) is 2.13. The number of carbonyl (C=O) groups excluding carboxylic acids is 1. The lowest BCUT2D eigenvalue weighted by Crippen LogP contribution is -2.39. The van der Waals surface area contributed by atoms with Gasteiger partial charge in [-0.2, -0.15) is 0 Å². The van der Waals surface area contributed by atoms with E-state index in [1.54, 1.807) is 0 Å². The van der Waals surface area contributed by atoms with E-state index < -0.39 is 0 Å². The number of piperidine rings is 1. The lowest BCUT2D eigenvalue weighted by Gasteiger charge is -2.31. The number of amides is 1. The van der Waals surface area contributed by atoms with Gasteiger partial charge in [0.05, 0.1) is 0 Å². The molecule has 0 aromatic heterocycles. The van der Waals surface area contributed by atoms with E-state index in [0.29, 0.717) is 29.7 Å². The molecule has 1 aromatic rings. The van der Waals surface area contributed by atoms with Gasteiger partial charge in [-0.05, 0) is 69.0 Å². The van der Waals surface area contributed by atoms with Gasteiger partial charge in [0.1, 0.15) is 0 Å². The minimum Gasteiger partial charge on any atom is -0.340 e. The van der Waals surface area contributed by atoms with Crippen molar-refractivity contribution in [3.63, 3.8) is 0 Å². The van der Waals surface area contributed by atoms with Gasteiger partial charge in [-0.15, -0.1) is 0 Å². The van der Waals surface area contributed by atoms with Crippen LogP contribution in [0.15, 0.2) is 30.3 Å². The minimum absolute atomic E-state index is 0.370. The highest BCUT2D eigenvalue weighted by Crippen LogP contribution is 2.30. The molecule has 4 unspecified atom stereocenters. The van der Waals surface area contributed by atoms with E-state index >= 15 is 0 Å². The standard InChI is InChI=1S/C21H32N2O/c1-16(20-9-6-11-22-15-20)13-21(24)23-12-10-19(17(23)2)14-18-7-4-3-5-8-18/h3-5,7-8,16-17,19-20,22H,6,9-15H2,1-2H3. The van der Waals surface area contributed by atoms with Crippen LogP contribution in [0, 0.1) is 17.8 Å². The molecule has 2 saturated heterocycles. The molecule has 1 aromatic carbocycles. The van der Waals surface area contributed by atoms with Crippen molar-refractivity contribution < 1.29 is 4.79 Å². The summed E-state index contributed by atoms with van der Waals surface area (Å²) >= 11 is 0. The van der Waals surface area contributed by atoms with Crippen molar-refractivity contribution in [3.8, 4) is 0 Å². The van der Waals surface area contributed by atoms with E-state index in [9.17, 15) is 4.79 Å². The highest BCUT2D eigenvalue weighted by Gasteiger charge is 2.34. The second-order valence-corrected chi connectivity index (χ2v) is 7.85. The topological polar surface area (TPSA) is 32.3 Å². The van der Waals surface area contributed by atoms with Crippen LogP contribution in [-0.2, 0) is 11.2 Å². The van der Waals surface area contributed by atoms with Crippen LogP contribution in [-0.4, -0.2) is 36.5 Å². The molecule has 0 aliphatic carbocycles. The second kappa shape index (κ2) is 8.15. The van der Waals surface area contributed by atoms with Gasteiger partial charge < -0.3 is 10.2 Å². The molecule has 0 spiro atoms. The van der Waals surface area contributed by atoms with Crippen LogP contribution in [0.2, 0.25) is 0 Å². The summed E-state index contributed by atoms with van der Waals surface area (Å²) in [6.45, 7) is 7.67. The Balaban J connectivity index is 1.52. The lowest BCUT2D eigenvalue weighted by atomic mass is 9.85. The quantitative estimate of drug-likeness (QED) is 0.897. The molecule has 0 saturated carbocycles. The summed E-state index contributed by atoms with van der Waals surface area (Å²) in [6, 6.07) is 11.1. The molecule has 0 radical (unpaired) electrons. The predicted octanol–water partition coefficient (Wildman–Crippen LogP) is 3.49. The third-order valence-electron chi connectivity index (χ3n) is 6.21. The normalized spacial score (nSPS) is 28.8. The molecule has 3 heteroatoms. The lowest BCUT2D eigenvalue weighted by molar-refractivity contribution is -0.133. The average Bonchev–Trinajstić information content (AvgIpc) is 2.97. The Kier molecular flexibility index (Phi) is 5.94. The van der Waals surface area contributed by atoms with Crippen molar-refractivity contribution in [3.05, 3.63) is 35.9 Å². The number of nitrogens with zero attached hydrogens (tertiary/aromatic N) is 1. The van der Waals surface area contributed by atoms with Crippen molar-refractivity contribution in [2.45, 2.75) is 52.0 Å². The summed E-state index contributed by atoms with van der Waals surface area (Å²) in [4.78, 5) is 15.0. The maximum atomic E-state index is 12.8. The Morgan fingerprint density at radius 1 is 1.29 bits per heavy atom. The van der Waals surface area contributed by atoms with Gasteiger partial charge in [0.25, 0.3) is 0 Å². The van der Waals surface area contributed by atoms with E-state index in [0.717, 1.165) is 38.9 Å². The number of hydrogen-bond acceptors (Lipinski definition) is 2. The predicted molar refractivity (Wildman–Crippen MR) is 98.8 cm³/mol. The smallest absolute Gasteiger partial charge is 0.223 e. The summed E-state index contributed by atoms with van der Waals surface area (Å²) < 4.78 is 0. The first kappa shape index (κ1) is 17.5. The third-order valence-corrected chi connectivity index (χ3v) is 6.21. The van der Waals surface area contributed by atoms with E-state index in [1.807, 2.05) is 0 Å². The molecule has 2 fully saturated rings. The summed E-state index contributed by atoms with van der Waals surface area (Å²) in [7, 11) is 0. The maximum Gasteiger partial charge on any atom is 0.223 e. The van der Waals surface area contributed by atoms with Gasteiger partial charge >= 0.3 is 0 Å². The van der Waals surface area contributed by atoms with Crippen molar-refractivity contribution in [2.24, 2.45) is 17.8 Å². The molecule has 1 amide bonds. The summed E-state index contributed by atoms with van der Waals surface area (Å²) in [5, 5.41) is 3.48. The maximum absolute atomic E-state index is 12.8. The Bertz CT molecular complexity index is 524. The zero-order chi connectivity index (χ0) is 16.9. The SMILES string of the molecule is CC(CC(=O)N1CCC(Cc2ccccc2)C1C)C1CCCNC1. The number of hydrogen-bond donors (Lipinski definition) is 1. The first-order valence-electron chi connectivity index (χ1n) is 9.69. The van der Waals surface area contributed by atoms with Crippen LogP contribution in [0.3, 0.4) is 0 Å². The molecule has 3 nitrogen and oxygen atoms in total. The van der Waals surface area contributed by atoms with Gasteiger partial charge in [0.2, 0.25) is 5.91 Å². The molecule has 0 bridgehead atoms. The third kappa shape index (κ3) is 4.18. The number of benzene rings is 1. The molecule has 2 aliphatic rings. The van der Waals surface area contributed by atoms with Gasteiger partial charge in [-0.3, -0.25) is 4.79 Å². The van der Waals surface area contributed by atoms with Gasteiger partial charge in [0, 0.05) is 19.0 Å². The monoisotopic (exact) mass is 328 g/mol. The minimum atomic E-state index is 0.370. The molecule has 4 atom stereocenters. The highest BCUT2D eigenvalue weighted by molar-refractivity contribution is 5.77. The van der Waals surface area contributed by atoms with Gasteiger partial charge in [-0.1, -0.05) is 37.3 Å². The van der Waals surface area contributed by atoms with Crippen LogP contribution in [0.5, 0.6) is 0 Å². The van der Waals surface area contributed by atoms with Crippen LogP contribution in [0.4, 0.5) is 0 Å². The molecule has 2 aliphatic heterocycles. The molecule has 2 heterocycles. The first-order chi connectivity index (χ1) is 11.6. The fourth-order valence-corrected chi connectivity index (χ4v) is 4.47. The fraction of sp³-hybridized carbons (Fsp3) is 0.667. The van der Waals surface area contributed by atoms with Crippen molar-refractivity contribution in [1.82, 2.24) is 10.2 Å². The fourth-order valence-electron chi connectivity index (χ4n) is 4.47.